The zero-order chi connectivity index (χ0) is 23.5. The van der Waals surface area contributed by atoms with Gasteiger partial charge in [0.2, 0.25) is 5.91 Å². The van der Waals surface area contributed by atoms with Crippen molar-refractivity contribution in [3.8, 4) is 5.75 Å². The van der Waals surface area contributed by atoms with Crippen molar-refractivity contribution in [3.05, 3.63) is 75.3 Å². The first kappa shape index (κ1) is 22.9. The van der Waals surface area contributed by atoms with Gasteiger partial charge in [-0.25, -0.2) is 4.98 Å². The fourth-order valence-corrected chi connectivity index (χ4v) is 5.01. The van der Waals surface area contributed by atoms with Gasteiger partial charge in [-0.3, -0.25) is 9.59 Å². The Bertz CT molecular complexity index is 1160. The van der Waals surface area contributed by atoms with E-state index in [4.69, 9.17) is 0 Å². The number of allylic oxidation sites excluding steroid dienone is 4. The molecule has 0 saturated carbocycles. The van der Waals surface area contributed by atoms with Crippen molar-refractivity contribution in [2.75, 3.05) is 13.1 Å². The molecule has 0 radical (unpaired) electrons. The zero-order valence-electron chi connectivity index (χ0n) is 18.6. The number of nitrogens with one attached hydrogen (secondary N) is 1. The van der Waals surface area contributed by atoms with Crippen molar-refractivity contribution in [1.82, 2.24) is 15.2 Å². The normalized spacial score (nSPS) is 20.3. The number of thiazole rings is 1. The van der Waals surface area contributed by atoms with E-state index in [0.29, 0.717) is 17.7 Å². The number of aliphatic hydroxyl groups is 1. The van der Waals surface area contributed by atoms with Gasteiger partial charge >= 0.3 is 0 Å². The Morgan fingerprint density at radius 2 is 2.09 bits per heavy atom. The van der Waals surface area contributed by atoms with Gasteiger partial charge in [-0.05, 0) is 43.5 Å². The maximum absolute atomic E-state index is 13.1. The minimum Gasteiger partial charge on any atom is -0.508 e. The van der Waals surface area contributed by atoms with Gasteiger partial charge in [-0.1, -0.05) is 30.4 Å². The summed E-state index contributed by atoms with van der Waals surface area (Å²) >= 11 is 1.62. The van der Waals surface area contributed by atoms with Crippen LogP contribution in [0.3, 0.4) is 0 Å². The predicted octanol–water partition coefficient (Wildman–Crippen LogP) is 3.13. The Hall–Kier alpha value is -3.23. The Morgan fingerprint density at radius 1 is 1.27 bits per heavy atom. The summed E-state index contributed by atoms with van der Waals surface area (Å²) in [7, 11) is 0. The van der Waals surface area contributed by atoms with Gasteiger partial charge in [0.15, 0.2) is 0 Å². The third-order valence-electron chi connectivity index (χ3n) is 6.05. The molecule has 1 fully saturated rings. The molecule has 1 aromatic carbocycles. The van der Waals surface area contributed by atoms with E-state index in [0.717, 1.165) is 22.6 Å². The number of nitrogens with zero attached hydrogens (tertiary/aromatic N) is 2. The number of likely N-dealkylation sites (tertiary alicyclic amines) is 1. The number of benzene rings is 1. The molecule has 0 bridgehead atoms. The number of aromatic hydroxyl groups is 1. The van der Waals surface area contributed by atoms with Gasteiger partial charge in [-0.2, -0.15) is 0 Å². The van der Waals surface area contributed by atoms with Crippen LogP contribution in [0.4, 0.5) is 0 Å². The molecule has 1 aromatic heterocycles. The highest BCUT2D eigenvalue weighted by Crippen LogP contribution is 2.28. The van der Waals surface area contributed by atoms with Gasteiger partial charge in [-0.15, -0.1) is 11.3 Å². The maximum Gasteiger partial charge on any atom is 0.255 e. The number of phenolic OH excluding ortho intramolecular Hbond substituents is 1. The van der Waals surface area contributed by atoms with Crippen LogP contribution in [0.25, 0.3) is 5.57 Å². The lowest BCUT2D eigenvalue weighted by atomic mass is 10.1. The molecule has 1 saturated heterocycles. The van der Waals surface area contributed by atoms with Crippen molar-refractivity contribution in [2.24, 2.45) is 0 Å². The SMILES string of the molecule is Cc1ncsc1C1=CC=C(CNC(=O)[C@@H]2C[C@@H](O)CN2C(=O)c2cccc(O)c2C)C=CC1. The standard InChI is InChI=1S/C25H27N3O4S/c1-15-20(7-4-8-22(15)30)25(32)28-13-19(29)11-21(28)24(31)26-12-17-5-3-6-18(10-9-17)23-16(2)27-14-33-23/h3-5,7-10,14,19,21,29-30H,6,11-13H2,1-2H3,(H,26,31)/t19-,21+/m1/s1. The quantitative estimate of drug-likeness (QED) is 0.630. The summed E-state index contributed by atoms with van der Waals surface area (Å²) in [5.41, 5.74) is 5.76. The molecular weight excluding hydrogens is 438 g/mol. The summed E-state index contributed by atoms with van der Waals surface area (Å²) in [5, 5.41) is 23.0. The average Bonchev–Trinajstić information content (AvgIpc) is 3.32. The summed E-state index contributed by atoms with van der Waals surface area (Å²) < 4.78 is 0. The van der Waals surface area contributed by atoms with Gasteiger partial charge < -0.3 is 20.4 Å². The zero-order valence-corrected chi connectivity index (χ0v) is 19.4. The van der Waals surface area contributed by atoms with E-state index < -0.39 is 12.1 Å². The minimum atomic E-state index is -0.771. The lowest BCUT2D eigenvalue weighted by Gasteiger charge is -2.24. The molecule has 1 aliphatic heterocycles. The van der Waals surface area contributed by atoms with E-state index in [1.165, 1.54) is 16.5 Å². The number of hydrogen-bond acceptors (Lipinski definition) is 6. The van der Waals surface area contributed by atoms with Crippen LogP contribution in [-0.2, 0) is 4.79 Å². The van der Waals surface area contributed by atoms with Crippen LogP contribution in [-0.4, -0.2) is 57.1 Å². The Labute approximate surface area is 196 Å². The van der Waals surface area contributed by atoms with Crippen LogP contribution < -0.4 is 5.32 Å². The molecule has 0 unspecified atom stereocenters. The molecule has 2 atom stereocenters. The summed E-state index contributed by atoms with van der Waals surface area (Å²) in [6.07, 6.45) is 8.30. The molecule has 0 spiro atoms. The lowest BCUT2D eigenvalue weighted by molar-refractivity contribution is -0.124. The monoisotopic (exact) mass is 465 g/mol. The number of phenols is 1. The first-order valence-electron chi connectivity index (χ1n) is 10.9. The largest absolute Gasteiger partial charge is 0.508 e. The van der Waals surface area contributed by atoms with Gasteiger partial charge in [0.05, 0.1) is 22.2 Å². The minimum absolute atomic E-state index is 0.0228. The number of aromatic nitrogens is 1. The highest BCUT2D eigenvalue weighted by molar-refractivity contribution is 7.10. The van der Waals surface area contributed by atoms with Crippen LogP contribution in [0, 0.1) is 13.8 Å². The van der Waals surface area contributed by atoms with E-state index in [9.17, 15) is 19.8 Å². The van der Waals surface area contributed by atoms with E-state index in [2.05, 4.69) is 22.5 Å². The van der Waals surface area contributed by atoms with Crippen molar-refractivity contribution in [3.63, 3.8) is 0 Å². The van der Waals surface area contributed by atoms with Crippen LogP contribution >= 0.6 is 11.3 Å². The predicted molar refractivity (Wildman–Crippen MR) is 128 cm³/mol. The molecule has 1 aliphatic carbocycles. The van der Waals surface area contributed by atoms with E-state index in [1.54, 1.807) is 30.4 Å². The van der Waals surface area contributed by atoms with Crippen molar-refractivity contribution in [2.45, 2.75) is 38.8 Å². The molecular formula is C25H27N3O4S. The van der Waals surface area contributed by atoms with Crippen LogP contribution in [0.15, 0.2) is 53.6 Å². The summed E-state index contributed by atoms with van der Waals surface area (Å²) in [5.74, 6) is -0.658. The van der Waals surface area contributed by atoms with Gasteiger partial charge in [0.25, 0.3) is 5.91 Å². The molecule has 3 N–H and O–H groups in total. The number of aryl methyl sites for hydroxylation is 1. The Balaban J connectivity index is 1.44. The van der Waals surface area contributed by atoms with Crippen LogP contribution in [0.5, 0.6) is 5.75 Å². The fourth-order valence-electron chi connectivity index (χ4n) is 4.17. The molecule has 2 amide bonds. The number of carbonyl (C=O) groups excluding carboxylic acids is 2. The number of carbonyl (C=O) groups is 2. The summed E-state index contributed by atoms with van der Waals surface area (Å²) in [6.45, 7) is 4.05. The van der Waals surface area contributed by atoms with Crippen LogP contribution in [0.1, 0.15) is 39.3 Å². The Morgan fingerprint density at radius 3 is 2.85 bits per heavy atom. The Kier molecular flexibility index (Phi) is 6.76. The van der Waals surface area contributed by atoms with E-state index in [-0.39, 0.29) is 30.5 Å². The number of hydrogen-bond donors (Lipinski definition) is 3. The number of rotatable bonds is 5. The highest BCUT2D eigenvalue weighted by Gasteiger charge is 2.39. The molecule has 8 heteroatoms. The molecule has 4 rings (SSSR count). The summed E-state index contributed by atoms with van der Waals surface area (Å²) in [4.78, 5) is 32.9. The van der Waals surface area contributed by atoms with Crippen LogP contribution in [0.2, 0.25) is 0 Å². The number of aliphatic hydroxyl groups excluding tert-OH is 1. The molecule has 7 nitrogen and oxygen atoms in total. The first-order chi connectivity index (χ1) is 15.8. The van der Waals surface area contributed by atoms with E-state index >= 15 is 0 Å². The number of amides is 2. The molecule has 2 aromatic rings. The second-order valence-electron chi connectivity index (χ2n) is 8.34. The lowest BCUT2D eigenvalue weighted by Crippen LogP contribution is -2.46. The molecule has 2 aliphatic rings. The van der Waals surface area contributed by atoms with E-state index in [1.807, 2.05) is 24.6 Å². The first-order valence-corrected chi connectivity index (χ1v) is 11.7. The fraction of sp³-hybridized carbons (Fsp3) is 0.320. The smallest absolute Gasteiger partial charge is 0.255 e. The van der Waals surface area contributed by atoms with Gasteiger partial charge in [0.1, 0.15) is 11.8 Å². The topological polar surface area (TPSA) is 103 Å². The highest BCUT2D eigenvalue weighted by atomic mass is 32.1. The summed E-state index contributed by atoms with van der Waals surface area (Å²) in [6, 6.07) is 3.96. The average molecular weight is 466 g/mol. The molecule has 172 valence electrons. The van der Waals surface area contributed by atoms with Crippen molar-refractivity contribution < 1.29 is 19.8 Å². The number of β-amino-alcohol motifs (C(OH)–C–C–N with tert-alkyl or cyclic N) is 1. The van der Waals surface area contributed by atoms with Crippen molar-refractivity contribution in [1.29, 1.82) is 0 Å². The maximum atomic E-state index is 13.1. The second-order valence-corrected chi connectivity index (χ2v) is 9.19. The third kappa shape index (κ3) is 4.91. The van der Waals surface area contributed by atoms with Gasteiger partial charge in [0, 0.05) is 30.6 Å². The van der Waals surface area contributed by atoms with Crippen molar-refractivity contribution >= 4 is 28.7 Å². The second kappa shape index (κ2) is 9.72. The third-order valence-corrected chi connectivity index (χ3v) is 7.05. The molecule has 2 heterocycles. The molecule has 33 heavy (non-hydrogen) atoms.